The summed E-state index contributed by atoms with van der Waals surface area (Å²) in [4.78, 5) is 12.2. The number of carbonyl (C=O) groups is 1. The Kier molecular flexibility index (Phi) is 9.45. The van der Waals surface area contributed by atoms with E-state index in [4.69, 9.17) is 9.47 Å². The smallest absolute Gasteiger partial charge is 0.280 e. The molecule has 1 atom stereocenters. The Hall–Kier alpha value is -3.28. The fraction of sp³-hybridized carbons (Fsp3) is 0.333. The number of allylic oxidation sites excluding steroid dienone is 1. The Morgan fingerprint density at radius 1 is 1.20 bits per heavy atom. The summed E-state index contributed by atoms with van der Waals surface area (Å²) in [5.74, 6) is 1.07. The van der Waals surface area contributed by atoms with Crippen LogP contribution in [-0.2, 0) is 11.2 Å². The Bertz CT molecular complexity index is 847. The van der Waals surface area contributed by atoms with Crippen LogP contribution in [0.3, 0.4) is 0 Å². The second-order valence-corrected chi connectivity index (χ2v) is 6.87. The van der Waals surface area contributed by atoms with Crippen LogP contribution >= 0.6 is 0 Å². The molecule has 6 heteroatoms. The number of para-hydroxylation sites is 1. The van der Waals surface area contributed by atoms with Crippen LogP contribution in [0.1, 0.15) is 44.2 Å². The number of nitrogens with zero attached hydrogens (tertiary/aromatic N) is 1. The largest absolute Gasteiger partial charge is 0.507 e. The number of unbranched alkanes of at least 4 members (excludes halogenated alkanes) is 2. The zero-order chi connectivity index (χ0) is 21.8. The van der Waals surface area contributed by atoms with Gasteiger partial charge in [0, 0.05) is 5.56 Å². The van der Waals surface area contributed by atoms with Crippen LogP contribution < -0.4 is 14.9 Å². The molecule has 30 heavy (non-hydrogen) atoms. The Balaban J connectivity index is 1.84. The van der Waals surface area contributed by atoms with Crippen LogP contribution in [0.2, 0.25) is 0 Å². The monoisotopic (exact) mass is 410 g/mol. The summed E-state index contributed by atoms with van der Waals surface area (Å²) in [5, 5.41) is 14.1. The van der Waals surface area contributed by atoms with E-state index in [0.29, 0.717) is 24.3 Å². The van der Waals surface area contributed by atoms with E-state index >= 15 is 0 Å². The molecule has 0 bridgehead atoms. The van der Waals surface area contributed by atoms with Gasteiger partial charge < -0.3 is 14.6 Å². The number of nitrogens with one attached hydrogen (secondary N) is 1. The third-order valence-corrected chi connectivity index (χ3v) is 4.42. The van der Waals surface area contributed by atoms with Crippen LogP contribution in [0.4, 0.5) is 0 Å². The van der Waals surface area contributed by atoms with E-state index in [-0.39, 0.29) is 5.75 Å². The summed E-state index contributed by atoms with van der Waals surface area (Å²) < 4.78 is 11.3. The molecule has 0 spiro atoms. The summed E-state index contributed by atoms with van der Waals surface area (Å²) in [7, 11) is 0. The molecule has 0 saturated carbocycles. The van der Waals surface area contributed by atoms with Gasteiger partial charge >= 0.3 is 0 Å². The maximum absolute atomic E-state index is 12.2. The van der Waals surface area contributed by atoms with Crippen molar-refractivity contribution in [1.29, 1.82) is 0 Å². The van der Waals surface area contributed by atoms with E-state index in [1.54, 1.807) is 31.2 Å². The molecule has 1 amide bonds. The van der Waals surface area contributed by atoms with E-state index in [1.165, 1.54) is 6.21 Å². The predicted octanol–water partition coefficient (Wildman–Crippen LogP) is 4.61. The number of rotatable bonds is 12. The number of carbonyl (C=O) groups excluding carboxylic acids is 1. The van der Waals surface area contributed by atoms with E-state index < -0.39 is 12.0 Å². The zero-order valence-corrected chi connectivity index (χ0v) is 17.6. The normalized spacial score (nSPS) is 11.8. The molecule has 160 valence electrons. The van der Waals surface area contributed by atoms with E-state index in [0.717, 1.165) is 30.6 Å². The van der Waals surface area contributed by atoms with Gasteiger partial charge in [-0.2, -0.15) is 5.10 Å². The highest BCUT2D eigenvalue weighted by molar-refractivity contribution is 5.86. The number of hydrogen-bond acceptors (Lipinski definition) is 5. The first kappa shape index (κ1) is 23.0. The lowest BCUT2D eigenvalue weighted by atomic mass is 10.1. The van der Waals surface area contributed by atoms with Crippen LogP contribution in [0.5, 0.6) is 17.2 Å². The predicted molar refractivity (Wildman–Crippen MR) is 119 cm³/mol. The van der Waals surface area contributed by atoms with Gasteiger partial charge in [-0.3, -0.25) is 4.79 Å². The number of phenolic OH excluding ortho intramolecular Hbond substituents is 1. The summed E-state index contributed by atoms with van der Waals surface area (Å²) >= 11 is 0. The van der Waals surface area contributed by atoms with Crippen molar-refractivity contribution in [3.05, 3.63) is 66.2 Å². The van der Waals surface area contributed by atoms with Crippen molar-refractivity contribution in [2.24, 2.45) is 5.10 Å². The van der Waals surface area contributed by atoms with Gasteiger partial charge in [-0.05, 0) is 55.7 Å². The van der Waals surface area contributed by atoms with Crippen molar-refractivity contribution < 1.29 is 19.4 Å². The molecule has 2 aromatic rings. The van der Waals surface area contributed by atoms with Gasteiger partial charge in [-0.1, -0.05) is 38.0 Å². The van der Waals surface area contributed by atoms with Crippen molar-refractivity contribution in [2.45, 2.75) is 45.6 Å². The van der Waals surface area contributed by atoms with Gasteiger partial charge in [0.25, 0.3) is 5.91 Å². The molecule has 0 heterocycles. The highest BCUT2D eigenvalue weighted by Gasteiger charge is 2.14. The summed E-state index contributed by atoms with van der Waals surface area (Å²) in [6.07, 6.45) is 6.26. The van der Waals surface area contributed by atoms with Gasteiger partial charge in [0.2, 0.25) is 0 Å². The zero-order valence-electron chi connectivity index (χ0n) is 17.6. The molecule has 2 rings (SSSR count). The third kappa shape index (κ3) is 7.28. The molecule has 0 aliphatic heterocycles. The quantitative estimate of drug-likeness (QED) is 0.232. The molecule has 0 saturated heterocycles. The fourth-order valence-electron chi connectivity index (χ4n) is 2.71. The number of phenols is 1. The van der Waals surface area contributed by atoms with Crippen LogP contribution in [-0.4, -0.2) is 29.9 Å². The van der Waals surface area contributed by atoms with Crippen LogP contribution in [0, 0.1) is 0 Å². The average molecular weight is 411 g/mol. The molecule has 0 fully saturated rings. The minimum atomic E-state index is -0.737. The number of amides is 1. The van der Waals surface area contributed by atoms with E-state index in [9.17, 15) is 9.90 Å². The van der Waals surface area contributed by atoms with Gasteiger partial charge in [-0.15, -0.1) is 6.58 Å². The molecule has 2 N–H and O–H groups in total. The molecular formula is C24H30N2O4. The number of hydrogen-bond donors (Lipinski definition) is 2. The molecule has 0 radical (unpaired) electrons. The minimum absolute atomic E-state index is 0.122. The maximum atomic E-state index is 12.2. The highest BCUT2D eigenvalue weighted by atomic mass is 16.5. The van der Waals surface area contributed by atoms with Gasteiger partial charge in [-0.25, -0.2) is 5.43 Å². The number of hydrazone groups is 1. The first-order chi connectivity index (χ1) is 14.5. The molecule has 0 aliphatic carbocycles. The first-order valence-electron chi connectivity index (χ1n) is 10.2. The number of benzene rings is 2. The average Bonchev–Trinajstić information content (AvgIpc) is 2.75. The van der Waals surface area contributed by atoms with Crippen molar-refractivity contribution >= 4 is 12.1 Å². The Morgan fingerprint density at radius 3 is 2.63 bits per heavy atom. The summed E-state index contributed by atoms with van der Waals surface area (Å²) in [6, 6.07) is 12.5. The lowest BCUT2D eigenvalue weighted by molar-refractivity contribution is -0.127. The van der Waals surface area contributed by atoms with Crippen LogP contribution in [0.15, 0.2) is 60.2 Å². The molecule has 6 nitrogen and oxygen atoms in total. The second-order valence-electron chi connectivity index (χ2n) is 6.87. The molecule has 0 aromatic heterocycles. The first-order valence-corrected chi connectivity index (χ1v) is 10.2. The number of aromatic hydroxyl groups is 1. The Labute approximate surface area is 178 Å². The molecular weight excluding hydrogens is 380 g/mol. The molecule has 2 aromatic carbocycles. The highest BCUT2D eigenvalue weighted by Crippen LogP contribution is 2.22. The summed E-state index contributed by atoms with van der Waals surface area (Å²) in [5.41, 5.74) is 3.69. The van der Waals surface area contributed by atoms with E-state index in [1.807, 2.05) is 24.3 Å². The van der Waals surface area contributed by atoms with E-state index in [2.05, 4.69) is 24.0 Å². The van der Waals surface area contributed by atoms with Crippen molar-refractivity contribution in [3.8, 4) is 17.2 Å². The molecule has 1 unspecified atom stereocenters. The van der Waals surface area contributed by atoms with Crippen molar-refractivity contribution in [2.75, 3.05) is 6.61 Å². The molecule has 0 aliphatic rings. The van der Waals surface area contributed by atoms with Gasteiger partial charge in [0.1, 0.15) is 17.2 Å². The fourth-order valence-corrected chi connectivity index (χ4v) is 2.71. The maximum Gasteiger partial charge on any atom is 0.280 e. The van der Waals surface area contributed by atoms with Crippen molar-refractivity contribution in [1.82, 2.24) is 5.43 Å². The lowest BCUT2D eigenvalue weighted by Crippen LogP contribution is -2.33. The van der Waals surface area contributed by atoms with Crippen molar-refractivity contribution in [3.63, 3.8) is 0 Å². The standard InChI is InChI=1S/C24H30N2O4/c1-4-6-7-16-29-21-12-14-22(15-13-21)30-18(3)24(28)26-25-17-20-11-8-10-19(9-5-2)23(20)27/h5,8,10-15,17-18,27H,2,4,6-7,9,16H2,1,3H3,(H,26,28). The Morgan fingerprint density at radius 2 is 1.93 bits per heavy atom. The van der Waals surface area contributed by atoms with Gasteiger partial charge in [0.05, 0.1) is 12.8 Å². The summed E-state index contributed by atoms with van der Waals surface area (Å²) in [6.45, 7) is 8.15. The topological polar surface area (TPSA) is 80.2 Å². The second kappa shape index (κ2) is 12.3. The SMILES string of the molecule is C=CCc1cccc(C=NNC(=O)C(C)Oc2ccc(OCCCCC)cc2)c1O. The van der Waals surface area contributed by atoms with Crippen LogP contribution in [0.25, 0.3) is 0 Å². The van der Waals surface area contributed by atoms with Gasteiger partial charge in [0.15, 0.2) is 6.10 Å². The minimum Gasteiger partial charge on any atom is -0.507 e. The lowest BCUT2D eigenvalue weighted by Gasteiger charge is -2.13. The number of ether oxygens (including phenoxy) is 2. The third-order valence-electron chi connectivity index (χ3n) is 4.42.